The first-order valence-electron chi connectivity index (χ1n) is 10.2. The maximum atomic E-state index is 6.15. The SMILES string of the molecule is CCCOCC1(N2CCCCC2)C=CC=C(N2CCCCC2)C1C. The van der Waals surface area contributed by atoms with E-state index in [4.69, 9.17) is 4.74 Å². The predicted molar refractivity (Wildman–Crippen MR) is 101 cm³/mol. The maximum absolute atomic E-state index is 6.15. The molecule has 0 aromatic rings. The molecule has 2 heterocycles. The van der Waals surface area contributed by atoms with Crippen LogP contribution in [0, 0.1) is 5.92 Å². The van der Waals surface area contributed by atoms with Crippen molar-refractivity contribution in [1.29, 1.82) is 0 Å². The lowest BCUT2D eigenvalue weighted by Crippen LogP contribution is -2.59. The fourth-order valence-corrected chi connectivity index (χ4v) is 4.72. The molecule has 3 rings (SSSR count). The molecule has 2 saturated heterocycles. The molecule has 136 valence electrons. The van der Waals surface area contributed by atoms with Crippen LogP contribution >= 0.6 is 0 Å². The summed E-state index contributed by atoms with van der Waals surface area (Å²) in [5.74, 6) is 0.510. The minimum atomic E-state index is 0.0527. The Balaban J connectivity index is 1.81. The van der Waals surface area contributed by atoms with Crippen LogP contribution in [0.25, 0.3) is 0 Å². The van der Waals surface area contributed by atoms with Crippen LogP contribution in [-0.4, -0.2) is 54.7 Å². The van der Waals surface area contributed by atoms with Crippen molar-refractivity contribution in [1.82, 2.24) is 9.80 Å². The van der Waals surface area contributed by atoms with Gasteiger partial charge in [-0.2, -0.15) is 0 Å². The lowest BCUT2D eigenvalue weighted by atomic mass is 9.77. The molecular formula is C21H36N2O. The van der Waals surface area contributed by atoms with Crippen LogP contribution in [0.15, 0.2) is 23.9 Å². The van der Waals surface area contributed by atoms with E-state index in [2.05, 4.69) is 41.9 Å². The summed E-state index contributed by atoms with van der Waals surface area (Å²) in [7, 11) is 0. The van der Waals surface area contributed by atoms with E-state index in [1.54, 1.807) is 5.70 Å². The third-order valence-electron chi connectivity index (χ3n) is 6.19. The van der Waals surface area contributed by atoms with Crippen LogP contribution in [0.4, 0.5) is 0 Å². The number of likely N-dealkylation sites (tertiary alicyclic amines) is 2. The van der Waals surface area contributed by atoms with Gasteiger partial charge in [0.25, 0.3) is 0 Å². The highest BCUT2D eigenvalue weighted by atomic mass is 16.5. The Bertz CT molecular complexity index is 447. The molecule has 2 atom stereocenters. The third kappa shape index (κ3) is 3.72. The topological polar surface area (TPSA) is 15.7 Å². The van der Waals surface area contributed by atoms with Gasteiger partial charge in [0.1, 0.15) is 0 Å². The summed E-state index contributed by atoms with van der Waals surface area (Å²) in [6.45, 7) is 11.3. The minimum absolute atomic E-state index is 0.0527. The number of rotatable bonds is 6. The first kappa shape index (κ1) is 18.0. The predicted octanol–water partition coefficient (Wildman–Crippen LogP) is 4.21. The van der Waals surface area contributed by atoms with E-state index >= 15 is 0 Å². The second-order valence-electron chi connectivity index (χ2n) is 7.81. The zero-order valence-corrected chi connectivity index (χ0v) is 15.8. The summed E-state index contributed by atoms with van der Waals surface area (Å²) >= 11 is 0. The average Bonchev–Trinajstić information content (AvgIpc) is 2.65. The van der Waals surface area contributed by atoms with Crippen LogP contribution in [0.3, 0.4) is 0 Å². The molecule has 3 nitrogen and oxygen atoms in total. The average molecular weight is 333 g/mol. The fourth-order valence-electron chi connectivity index (χ4n) is 4.72. The molecule has 3 heteroatoms. The number of nitrogens with zero attached hydrogens (tertiary/aromatic N) is 2. The third-order valence-corrected chi connectivity index (χ3v) is 6.19. The number of allylic oxidation sites excluding steroid dienone is 2. The van der Waals surface area contributed by atoms with Gasteiger partial charge in [-0.05, 0) is 57.7 Å². The van der Waals surface area contributed by atoms with Crippen molar-refractivity contribution in [3.05, 3.63) is 23.9 Å². The number of ether oxygens (including phenoxy) is 1. The fraction of sp³-hybridized carbons (Fsp3) is 0.810. The van der Waals surface area contributed by atoms with Crippen molar-refractivity contribution >= 4 is 0 Å². The summed E-state index contributed by atoms with van der Waals surface area (Å²) in [5, 5.41) is 0. The minimum Gasteiger partial charge on any atom is -0.379 e. The summed E-state index contributed by atoms with van der Waals surface area (Å²) in [4.78, 5) is 5.38. The van der Waals surface area contributed by atoms with Gasteiger partial charge in [-0.3, -0.25) is 4.90 Å². The molecule has 0 amide bonds. The lowest BCUT2D eigenvalue weighted by Gasteiger charge is -2.51. The Morgan fingerprint density at radius 1 is 1.04 bits per heavy atom. The molecule has 0 spiro atoms. The zero-order chi connectivity index (χ0) is 16.8. The van der Waals surface area contributed by atoms with E-state index in [9.17, 15) is 0 Å². The van der Waals surface area contributed by atoms with Crippen molar-refractivity contribution in [3.8, 4) is 0 Å². The van der Waals surface area contributed by atoms with Gasteiger partial charge in [0, 0.05) is 31.3 Å². The van der Waals surface area contributed by atoms with Crippen molar-refractivity contribution < 1.29 is 4.74 Å². The largest absolute Gasteiger partial charge is 0.379 e. The molecule has 24 heavy (non-hydrogen) atoms. The van der Waals surface area contributed by atoms with Crippen LogP contribution < -0.4 is 0 Å². The monoisotopic (exact) mass is 332 g/mol. The molecule has 2 fully saturated rings. The molecule has 1 aliphatic carbocycles. The smallest absolute Gasteiger partial charge is 0.0710 e. The van der Waals surface area contributed by atoms with E-state index in [0.717, 1.165) is 19.6 Å². The molecule has 0 radical (unpaired) electrons. The van der Waals surface area contributed by atoms with Crippen LogP contribution in [-0.2, 0) is 4.74 Å². The molecule has 0 aromatic heterocycles. The van der Waals surface area contributed by atoms with Gasteiger partial charge >= 0.3 is 0 Å². The van der Waals surface area contributed by atoms with Crippen LogP contribution in [0.5, 0.6) is 0 Å². The molecule has 0 saturated carbocycles. The van der Waals surface area contributed by atoms with E-state index in [-0.39, 0.29) is 5.54 Å². The van der Waals surface area contributed by atoms with Gasteiger partial charge in [-0.1, -0.05) is 32.4 Å². The molecule has 3 aliphatic rings. The van der Waals surface area contributed by atoms with Gasteiger partial charge in [0.05, 0.1) is 12.1 Å². The first-order chi connectivity index (χ1) is 11.8. The summed E-state index contributed by atoms with van der Waals surface area (Å²) in [6, 6.07) is 0. The van der Waals surface area contributed by atoms with Gasteiger partial charge in [0.15, 0.2) is 0 Å². The van der Waals surface area contributed by atoms with E-state index in [1.165, 1.54) is 64.7 Å². The van der Waals surface area contributed by atoms with Gasteiger partial charge in [0.2, 0.25) is 0 Å². The Kier molecular flexibility index (Phi) is 6.40. The van der Waals surface area contributed by atoms with E-state index in [1.807, 2.05) is 0 Å². The maximum Gasteiger partial charge on any atom is 0.0710 e. The Hall–Kier alpha value is -0.800. The second kappa shape index (κ2) is 8.53. The number of hydrogen-bond donors (Lipinski definition) is 0. The normalized spacial score (nSPS) is 32.0. The summed E-state index contributed by atoms with van der Waals surface area (Å²) < 4.78 is 6.15. The molecular weight excluding hydrogens is 296 g/mol. The Morgan fingerprint density at radius 3 is 2.38 bits per heavy atom. The Morgan fingerprint density at radius 2 is 1.71 bits per heavy atom. The van der Waals surface area contributed by atoms with Crippen LogP contribution in [0.1, 0.15) is 58.8 Å². The van der Waals surface area contributed by atoms with Crippen molar-refractivity contribution in [2.24, 2.45) is 5.92 Å². The number of piperidine rings is 2. The van der Waals surface area contributed by atoms with Crippen LogP contribution in [0.2, 0.25) is 0 Å². The lowest BCUT2D eigenvalue weighted by molar-refractivity contribution is -0.0191. The second-order valence-corrected chi connectivity index (χ2v) is 7.81. The van der Waals surface area contributed by atoms with E-state index < -0.39 is 0 Å². The number of hydrogen-bond acceptors (Lipinski definition) is 3. The van der Waals surface area contributed by atoms with Gasteiger partial charge in [-0.15, -0.1) is 0 Å². The van der Waals surface area contributed by atoms with E-state index in [0.29, 0.717) is 5.92 Å². The van der Waals surface area contributed by atoms with Crippen molar-refractivity contribution in [2.75, 3.05) is 39.4 Å². The highest BCUT2D eigenvalue weighted by Gasteiger charge is 2.44. The summed E-state index contributed by atoms with van der Waals surface area (Å²) in [6.07, 6.45) is 16.4. The Labute approximate surface area is 148 Å². The highest BCUT2D eigenvalue weighted by molar-refractivity contribution is 5.31. The molecule has 2 unspecified atom stereocenters. The standard InChI is InChI=1S/C21H36N2O/c1-3-17-24-18-21(23-15-8-5-9-16-23)12-10-11-20(19(21)2)22-13-6-4-7-14-22/h10-12,19H,3-9,13-18H2,1-2H3. The highest BCUT2D eigenvalue weighted by Crippen LogP contribution is 2.39. The first-order valence-corrected chi connectivity index (χ1v) is 10.2. The van der Waals surface area contributed by atoms with Crippen molar-refractivity contribution in [2.45, 2.75) is 64.3 Å². The van der Waals surface area contributed by atoms with Crippen molar-refractivity contribution in [3.63, 3.8) is 0 Å². The molecule has 0 N–H and O–H groups in total. The molecule has 0 aromatic carbocycles. The molecule has 0 bridgehead atoms. The van der Waals surface area contributed by atoms with Gasteiger partial charge in [-0.25, -0.2) is 0 Å². The molecule has 2 aliphatic heterocycles. The zero-order valence-electron chi connectivity index (χ0n) is 15.8. The van der Waals surface area contributed by atoms with Gasteiger partial charge < -0.3 is 9.64 Å². The summed E-state index contributed by atoms with van der Waals surface area (Å²) in [5.41, 5.74) is 1.60. The quantitative estimate of drug-likeness (QED) is 0.678.